The summed E-state index contributed by atoms with van der Waals surface area (Å²) in [6, 6.07) is 0. The molecule has 0 radical (unpaired) electrons. The molecule has 0 spiro atoms. The third kappa shape index (κ3) is 2.36. The van der Waals surface area contributed by atoms with Crippen LogP contribution in [0, 0.1) is 0 Å². The van der Waals surface area contributed by atoms with E-state index in [0.717, 1.165) is 19.6 Å². The first-order valence-electron chi connectivity index (χ1n) is 6.46. The molecular weight excluding hydrogens is 343 g/mol. The van der Waals surface area contributed by atoms with Crippen LogP contribution in [0.15, 0.2) is 0 Å². The Labute approximate surface area is 139 Å². The Hall–Kier alpha value is 0.00494. The Morgan fingerprint density at radius 2 is 1.10 bits per heavy atom. The first kappa shape index (κ1) is 16.4. The van der Waals surface area contributed by atoms with E-state index in [1.165, 1.54) is 0 Å². The highest BCUT2D eigenvalue weighted by Crippen LogP contribution is 2.53. The first-order valence-corrected chi connectivity index (χ1v) is 7.98. The van der Waals surface area contributed by atoms with Crippen molar-refractivity contribution in [3.05, 3.63) is 20.1 Å². The van der Waals surface area contributed by atoms with Crippen molar-refractivity contribution in [3.63, 3.8) is 0 Å². The van der Waals surface area contributed by atoms with Gasteiger partial charge in [-0.3, -0.25) is 0 Å². The fraction of sp³-hybridized carbons (Fsp3) is 0.500. The van der Waals surface area contributed by atoms with Crippen LogP contribution >= 0.6 is 46.4 Å². The molecule has 0 aromatic heterocycles. The van der Waals surface area contributed by atoms with E-state index in [1.807, 2.05) is 0 Å². The second-order valence-corrected chi connectivity index (χ2v) is 6.14. The molecule has 8 heteroatoms. The molecule has 0 atom stereocenters. The third-order valence-corrected chi connectivity index (χ3v) is 5.72. The summed E-state index contributed by atoms with van der Waals surface area (Å²) in [5.74, 6) is 0.739. The summed E-state index contributed by atoms with van der Waals surface area (Å²) in [5, 5.41) is 0.841. The third-order valence-electron chi connectivity index (χ3n) is 3.96. The zero-order valence-electron chi connectivity index (χ0n) is 11.5. The van der Waals surface area contributed by atoms with Gasteiger partial charge in [-0.1, -0.05) is 46.4 Å². The minimum atomic E-state index is -0.491. The van der Waals surface area contributed by atoms with Crippen LogP contribution in [0.25, 0.3) is 0 Å². The van der Waals surface area contributed by atoms with Crippen LogP contribution in [0.3, 0.4) is 0 Å². The second kappa shape index (κ2) is 6.01. The number of benzene rings is 1. The van der Waals surface area contributed by atoms with E-state index in [0.29, 0.717) is 15.9 Å². The molecule has 2 rings (SSSR count). The largest absolute Gasteiger partial charge is 0.904 e. The van der Waals surface area contributed by atoms with Crippen molar-refractivity contribution in [3.8, 4) is 11.5 Å². The smallest absolute Gasteiger partial charge is 0.466 e. The lowest BCUT2D eigenvalue weighted by Gasteiger charge is -2.34. The molecule has 0 amide bonds. The average Bonchev–Trinajstić information content (AvgIpc) is 2.91. The van der Waals surface area contributed by atoms with Gasteiger partial charge in [0.25, 0.3) is 0 Å². The highest BCUT2D eigenvalue weighted by atomic mass is 35.5. The molecule has 1 heterocycles. The van der Waals surface area contributed by atoms with Gasteiger partial charge in [-0.05, 0) is 20.8 Å². The van der Waals surface area contributed by atoms with Gasteiger partial charge >= 0.3 is 7.25 Å². The van der Waals surface area contributed by atoms with Gasteiger partial charge in [0.15, 0.2) is 11.5 Å². The fourth-order valence-electron chi connectivity index (χ4n) is 2.37. The summed E-state index contributed by atoms with van der Waals surface area (Å²) >= 11 is 24.4. The lowest BCUT2D eigenvalue weighted by molar-refractivity contribution is -0.833. The molecule has 0 saturated carbocycles. The van der Waals surface area contributed by atoms with Crippen molar-refractivity contribution in [2.24, 2.45) is 0 Å². The van der Waals surface area contributed by atoms with E-state index in [4.69, 9.17) is 55.7 Å². The number of nitrogens with zero attached hydrogens (tertiary/aromatic N) is 1. The van der Waals surface area contributed by atoms with Crippen molar-refractivity contribution >= 4 is 53.7 Å². The molecule has 1 aliphatic rings. The Morgan fingerprint density at radius 1 is 0.750 bits per heavy atom. The van der Waals surface area contributed by atoms with Crippen LogP contribution in [-0.4, -0.2) is 31.3 Å². The molecule has 1 aromatic carbocycles. The standard InChI is InChI=1S/C12H15BCl4NO2/c1-4-18(5-2,6-3)13-19-11-9(16)7(14)8(15)10(17)12(11)20-13/h4-6H2,1-3H3/q+1. The van der Waals surface area contributed by atoms with Gasteiger partial charge in [0, 0.05) is 0 Å². The van der Waals surface area contributed by atoms with Gasteiger partial charge in [0.05, 0.1) is 29.7 Å². The predicted octanol–water partition coefficient (Wildman–Crippen LogP) is 4.93. The molecule has 0 bridgehead atoms. The number of hydrogen-bond donors (Lipinski definition) is 0. The van der Waals surface area contributed by atoms with Crippen molar-refractivity contribution < 1.29 is 13.7 Å². The van der Waals surface area contributed by atoms with Crippen LogP contribution in [0.5, 0.6) is 11.5 Å². The number of halogens is 4. The minimum Gasteiger partial charge on any atom is -0.466 e. The maximum atomic E-state index is 6.17. The summed E-state index contributed by atoms with van der Waals surface area (Å²) in [6.45, 7) is 8.86. The minimum absolute atomic E-state index is 0.184. The van der Waals surface area contributed by atoms with Gasteiger partial charge in [-0.15, -0.1) is 0 Å². The molecule has 0 aliphatic carbocycles. The van der Waals surface area contributed by atoms with Crippen LogP contribution in [0.4, 0.5) is 0 Å². The molecule has 1 aliphatic heterocycles. The second-order valence-electron chi connectivity index (χ2n) is 4.62. The highest BCUT2D eigenvalue weighted by molar-refractivity contribution is 6.54. The van der Waals surface area contributed by atoms with E-state index in [9.17, 15) is 0 Å². The molecule has 3 nitrogen and oxygen atoms in total. The molecule has 110 valence electrons. The van der Waals surface area contributed by atoms with Gasteiger partial charge in [-0.25, -0.2) is 0 Å². The van der Waals surface area contributed by atoms with Crippen LogP contribution in [-0.2, 0) is 0 Å². The van der Waals surface area contributed by atoms with E-state index in [1.54, 1.807) is 0 Å². The molecule has 0 N–H and O–H groups in total. The van der Waals surface area contributed by atoms with Crippen LogP contribution in [0.2, 0.25) is 20.1 Å². The Bertz CT molecular complexity index is 492. The molecule has 20 heavy (non-hydrogen) atoms. The maximum Gasteiger partial charge on any atom is 0.904 e. The normalized spacial score (nSPS) is 14.1. The Morgan fingerprint density at radius 3 is 1.40 bits per heavy atom. The summed E-state index contributed by atoms with van der Waals surface area (Å²) in [6.07, 6.45) is 0. The Kier molecular flexibility index (Phi) is 4.93. The molecule has 1 aromatic rings. The van der Waals surface area contributed by atoms with E-state index < -0.39 is 7.25 Å². The van der Waals surface area contributed by atoms with Crippen molar-refractivity contribution in [2.45, 2.75) is 20.8 Å². The number of quaternary nitrogens is 1. The first-order chi connectivity index (χ1) is 9.41. The van der Waals surface area contributed by atoms with Crippen LogP contribution < -0.4 is 9.31 Å². The van der Waals surface area contributed by atoms with Crippen molar-refractivity contribution in [1.29, 1.82) is 0 Å². The lowest BCUT2D eigenvalue weighted by atomic mass is 9.98. The number of hydrogen-bond acceptors (Lipinski definition) is 2. The van der Waals surface area contributed by atoms with E-state index >= 15 is 0 Å². The van der Waals surface area contributed by atoms with Gasteiger partial charge in [0.1, 0.15) is 10.0 Å². The summed E-state index contributed by atoms with van der Waals surface area (Å²) in [5.41, 5.74) is 0. The summed E-state index contributed by atoms with van der Waals surface area (Å²) in [4.78, 5) is 0. The van der Waals surface area contributed by atoms with E-state index in [2.05, 4.69) is 20.8 Å². The van der Waals surface area contributed by atoms with E-state index in [-0.39, 0.29) is 20.1 Å². The SMILES string of the molecule is CC[N+](CC)(CC)B1Oc2c(Cl)c(Cl)c(Cl)c(Cl)c2O1. The number of fused-ring (bicyclic) bond motifs is 1. The highest BCUT2D eigenvalue weighted by Gasteiger charge is 2.56. The van der Waals surface area contributed by atoms with Crippen molar-refractivity contribution in [1.82, 2.24) is 0 Å². The maximum absolute atomic E-state index is 6.17. The van der Waals surface area contributed by atoms with Gasteiger partial charge in [-0.2, -0.15) is 0 Å². The quantitative estimate of drug-likeness (QED) is 0.432. The van der Waals surface area contributed by atoms with Gasteiger partial charge in [0.2, 0.25) is 0 Å². The Balaban J connectivity index is 2.46. The summed E-state index contributed by atoms with van der Waals surface area (Å²) < 4.78 is 12.4. The monoisotopic (exact) mass is 356 g/mol. The zero-order chi connectivity index (χ0) is 15.1. The van der Waals surface area contributed by atoms with Crippen LogP contribution in [0.1, 0.15) is 20.8 Å². The fourth-order valence-corrected chi connectivity index (χ4v) is 3.28. The molecule has 0 saturated heterocycles. The lowest BCUT2D eigenvalue weighted by Crippen LogP contribution is -2.62. The molecule has 0 fully saturated rings. The van der Waals surface area contributed by atoms with Crippen molar-refractivity contribution in [2.75, 3.05) is 19.6 Å². The molecule has 0 unspecified atom stereocenters. The number of rotatable bonds is 4. The summed E-state index contributed by atoms with van der Waals surface area (Å²) in [7, 11) is -0.491. The topological polar surface area (TPSA) is 18.5 Å². The van der Waals surface area contributed by atoms with Gasteiger partial charge < -0.3 is 13.7 Å². The zero-order valence-corrected chi connectivity index (χ0v) is 14.5. The molecular formula is C12H15BCl4NO2+. The predicted molar refractivity (Wildman–Crippen MR) is 85.4 cm³/mol. The average molecular weight is 358 g/mol.